The van der Waals surface area contributed by atoms with Crippen molar-refractivity contribution in [3.63, 3.8) is 0 Å². The fourth-order valence-electron chi connectivity index (χ4n) is 3.16. The summed E-state index contributed by atoms with van der Waals surface area (Å²) in [5, 5.41) is 4.39. The Kier molecular flexibility index (Phi) is 4.81. The van der Waals surface area contributed by atoms with Gasteiger partial charge in [0.2, 0.25) is 0 Å². The van der Waals surface area contributed by atoms with Crippen molar-refractivity contribution in [3.05, 3.63) is 16.4 Å². The summed E-state index contributed by atoms with van der Waals surface area (Å²) < 4.78 is 3.10. The SMILES string of the molecule is CCC1CCC(C(NN)c2c(Br)cnn2CC)C1. The first-order valence-corrected chi connectivity index (χ1v) is 7.67. The second-order valence-electron chi connectivity index (χ2n) is 5.19. The molecule has 3 N–H and O–H groups in total. The second kappa shape index (κ2) is 6.17. The van der Waals surface area contributed by atoms with E-state index in [0.717, 1.165) is 16.9 Å². The number of hydrazine groups is 1. The van der Waals surface area contributed by atoms with Crippen LogP contribution in [0.4, 0.5) is 0 Å². The number of nitrogens with zero attached hydrogens (tertiary/aromatic N) is 2. The Morgan fingerprint density at radius 1 is 1.56 bits per heavy atom. The van der Waals surface area contributed by atoms with Crippen molar-refractivity contribution in [1.29, 1.82) is 0 Å². The minimum absolute atomic E-state index is 0.207. The maximum atomic E-state index is 5.81. The normalized spacial score (nSPS) is 25.6. The summed E-state index contributed by atoms with van der Waals surface area (Å²) in [7, 11) is 0. The predicted octanol–water partition coefficient (Wildman–Crippen LogP) is 3.00. The zero-order chi connectivity index (χ0) is 13.1. The molecule has 0 saturated heterocycles. The van der Waals surface area contributed by atoms with E-state index in [1.54, 1.807) is 0 Å². The molecule has 0 aromatic carbocycles. The van der Waals surface area contributed by atoms with Crippen LogP contribution in [0.1, 0.15) is 51.3 Å². The third kappa shape index (κ3) is 2.63. The number of nitrogens with two attached hydrogens (primary N) is 1. The highest BCUT2D eigenvalue weighted by atomic mass is 79.9. The lowest BCUT2D eigenvalue weighted by Crippen LogP contribution is -2.34. The van der Waals surface area contributed by atoms with Gasteiger partial charge >= 0.3 is 0 Å². The molecule has 0 amide bonds. The zero-order valence-corrected chi connectivity index (χ0v) is 12.8. The standard InChI is InChI=1S/C13H23BrN4/c1-3-9-5-6-10(7-9)12(17-15)13-11(14)8-16-18(13)4-2/h8-10,12,17H,3-7,15H2,1-2H3. The Hall–Kier alpha value is -0.390. The molecule has 1 fully saturated rings. The summed E-state index contributed by atoms with van der Waals surface area (Å²) in [4.78, 5) is 0. The fraction of sp³-hybridized carbons (Fsp3) is 0.769. The van der Waals surface area contributed by atoms with E-state index in [9.17, 15) is 0 Å². The van der Waals surface area contributed by atoms with E-state index in [1.807, 2.05) is 10.9 Å². The van der Waals surface area contributed by atoms with Crippen LogP contribution in [0.5, 0.6) is 0 Å². The molecule has 3 atom stereocenters. The summed E-state index contributed by atoms with van der Waals surface area (Å²) in [5.74, 6) is 7.30. The Labute approximate surface area is 117 Å². The van der Waals surface area contributed by atoms with E-state index < -0.39 is 0 Å². The van der Waals surface area contributed by atoms with E-state index in [4.69, 9.17) is 5.84 Å². The number of nitrogens with one attached hydrogen (secondary N) is 1. The van der Waals surface area contributed by atoms with Crippen molar-refractivity contribution in [2.75, 3.05) is 0 Å². The minimum Gasteiger partial charge on any atom is -0.271 e. The molecule has 1 heterocycles. The van der Waals surface area contributed by atoms with Crippen molar-refractivity contribution >= 4 is 15.9 Å². The van der Waals surface area contributed by atoms with Crippen molar-refractivity contribution in [2.45, 2.75) is 52.1 Å². The lowest BCUT2D eigenvalue weighted by atomic mass is 9.94. The van der Waals surface area contributed by atoms with Crippen LogP contribution in [0.3, 0.4) is 0 Å². The van der Waals surface area contributed by atoms with Gasteiger partial charge in [0.15, 0.2) is 0 Å². The molecule has 0 radical (unpaired) electrons. The van der Waals surface area contributed by atoms with Gasteiger partial charge < -0.3 is 0 Å². The summed E-state index contributed by atoms with van der Waals surface area (Å²) >= 11 is 3.60. The van der Waals surface area contributed by atoms with Gasteiger partial charge in [0.25, 0.3) is 0 Å². The van der Waals surface area contributed by atoms with Gasteiger partial charge in [-0.1, -0.05) is 19.8 Å². The lowest BCUT2D eigenvalue weighted by Gasteiger charge is -2.24. The summed E-state index contributed by atoms with van der Waals surface area (Å²) in [6.07, 6.45) is 7.01. The molecule has 0 bridgehead atoms. The van der Waals surface area contributed by atoms with Crippen LogP contribution in [0.15, 0.2) is 10.7 Å². The third-order valence-corrected chi connectivity index (χ3v) is 4.85. The van der Waals surface area contributed by atoms with Crippen LogP contribution in [0, 0.1) is 11.8 Å². The van der Waals surface area contributed by atoms with Crippen LogP contribution >= 0.6 is 15.9 Å². The Bertz CT molecular complexity index is 390. The smallest absolute Gasteiger partial charge is 0.0711 e. The molecule has 1 saturated carbocycles. The largest absolute Gasteiger partial charge is 0.271 e. The first-order chi connectivity index (χ1) is 8.71. The van der Waals surface area contributed by atoms with Gasteiger partial charge in [0.05, 0.1) is 22.4 Å². The molecule has 5 heteroatoms. The number of aromatic nitrogens is 2. The quantitative estimate of drug-likeness (QED) is 0.649. The van der Waals surface area contributed by atoms with Crippen molar-refractivity contribution in [3.8, 4) is 0 Å². The molecule has 3 unspecified atom stereocenters. The van der Waals surface area contributed by atoms with Gasteiger partial charge in [-0.05, 0) is 47.5 Å². The van der Waals surface area contributed by atoms with Crippen molar-refractivity contribution in [1.82, 2.24) is 15.2 Å². The number of halogens is 1. The maximum absolute atomic E-state index is 5.81. The molecule has 0 spiro atoms. The van der Waals surface area contributed by atoms with Gasteiger partial charge in [-0.2, -0.15) is 5.10 Å². The van der Waals surface area contributed by atoms with Crippen LogP contribution in [0.25, 0.3) is 0 Å². The van der Waals surface area contributed by atoms with Gasteiger partial charge in [0, 0.05) is 6.54 Å². The van der Waals surface area contributed by atoms with Crippen LogP contribution in [-0.2, 0) is 6.54 Å². The number of hydrogen-bond donors (Lipinski definition) is 2. The van der Waals surface area contributed by atoms with Crippen LogP contribution in [-0.4, -0.2) is 9.78 Å². The second-order valence-corrected chi connectivity index (χ2v) is 6.04. The van der Waals surface area contributed by atoms with Gasteiger partial charge in [-0.15, -0.1) is 0 Å². The summed E-state index contributed by atoms with van der Waals surface area (Å²) in [6, 6.07) is 0.207. The number of rotatable bonds is 5. The van der Waals surface area contributed by atoms with Gasteiger partial charge in [-0.25, -0.2) is 0 Å². The van der Waals surface area contributed by atoms with Gasteiger partial charge in [-0.3, -0.25) is 16.0 Å². The number of aryl methyl sites for hydroxylation is 1. The van der Waals surface area contributed by atoms with Crippen LogP contribution < -0.4 is 11.3 Å². The van der Waals surface area contributed by atoms with Gasteiger partial charge in [0.1, 0.15) is 0 Å². The molecule has 4 nitrogen and oxygen atoms in total. The van der Waals surface area contributed by atoms with Crippen molar-refractivity contribution < 1.29 is 0 Å². The van der Waals surface area contributed by atoms with E-state index >= 15 is 0 Å². The highest BCUT2D eigenvalue weighted by Gasteiger charge is 2.33. The molecule has 1 aliphatic rings. The molecular weight excluding hydrogens is 292 g/mol. The monoisotopic (exact) mass is 314 g/mol. The molecule has 18 heavy (non-hydrogen) atoms. The first kappa shape index (κ1) is 14.0. The Morgan fingerprint density at radius 2 is 2.33 bits per heavy atom. The number of hydrogen-bond acceptors (Lipinski definition) is 3. The molecular formula is C13H23BrN4. The maximum Gasteiger partial charge on any atom is 0.0711 e. The highest BCUT2D eigenvalue weighted by Crippen LogP contribution is 2.41. The molecule has 102 valence electrons. The molecule has 1 aliphatic carbocycles. The minimum atomic E-state index is 0.207. The topological polar surface area (TPSA) is 55.9 Å². The zero-order valence-electron chi connectivity index (χ0n) is 11.2. The average molecular weight is 315 g/mol. The lowest BCUT2D eigenvalue weighted by molar-refractivity contribution is 0.338. The van der Waals surface area contributed by atoms with Crippen LogP contribution in [0.2, 0.25) is 0 Å². The molecule has 1 aromatic rings. The third-order valence-electron chi connectivity index (χ3n) is 4.24. The molecule has 2 rings (SSSR count). The van der Waals surface area contributed by atoms with Crippen molar-refractivity contribution in [2.24, 2.45) is 17.7 Å². The summed E-state index contributed by atoms with van der Waals surface area (Å²) in [6.45, 7) is 5.27. The van der Waals surface area contributed by atoms with E-state index in [0.29, 0.717) is 5.92 Å². The van der Waals surface area contributed by atoms with E-state index in [2.05, 4.69) is 40.3 Å². The Balaban J connectivity index is 2.20. The van der Waals surface area contributed by atoms with E-state index in [-0.39, 0.29) is 6.04 Å². The fourth-order valence-corrected chi connectivity index (χ4v) is 3.70. The molecule has 0 aliphatic heterocycles. The average Bonchev–Trinajstić information content (AvgIpc) is 2.99. The Morgan fingerprint density at radius 3 is 2.89 bits per heavy atom. The highest BCUT2D eigenvalue weighted by molar-refractivity contribution is 9.10. The first-order valence-electron chi connectivity index (χ1n) is 6.88. The van der Waals surface area contributed by atoms with E-state index in [1.165, 1.54) is 31.4 Å². The predicted molar refractivity (Wildman–Crippen MR) is 76.8 cm³/mol. The molecule has 1 aromatic heterocycles. The summed E-state index contributed by atoms with van der Waals surface area (Å²) in [5.41, 5.74) is 4.21.